The second kappa shape index (κ2) is 7.53. The summed E-state index contributed by atoms with van der Waals surface area (Å²) in [7, 11) is 0. The molecule has 0 unspecified atom stereocenters. The lowest BCUT2D eigenvalue weighted by molar-refractivity contribution is -0.145. The fourth-order valence-electron chi connectivity index (χ4n) is 0.768. The molecule has 0 bridgehead atoms. The minimum absolute atomic E-state index is 0.145. The van der Waals surface area contributed by atoms with Crippen molar-refractivity contribution >= 4 is 11.8 Å². The highest BCUT2D eigenvalue weighted by Gasteiger charge is 2.06. The zero-order valence-electron chi connectivity index (χ0n) is 8.21. The number of hydrogen-bond donors (Lipinski definition) is 0. The molecule has 0 aromatic rings. The zero-order chi connectivity index (χ0) is 10.1. The molecule has 0 aliphatic rings. The molecule has 0 aliphatic carbocycles. The Balaban J connectivity index is 3.56. The van der Waals surface area contributed by atoms with Crippen molar-refractivity contribution in [1.82, 2.24) is 0 Å². The van der Waals surface area contributed by atoms with Gasteiger partial charge in [-0.25, -0.2) is 0 Å². The summed E-state index contributed by atoms with van der Waals surface area (Å²) in [4.78, 5) is 21.8. The van der Waals surface area contributed by atoms with Gasteiger partial charge in [-0.15, -0.1) is 0 Å². The first kappa shape index (κ1) is 11.9. The number of rotatable bonds is 6. The van der Waals surface area contributed by atoms with Crippen LogP contribution in [0.25, 0.3) is 0 Å². The van der Waals surface area contributed by atoms with Crippen molar-refractivity contribution in [3.63, 3.8) is 0 Å². The summed E-state index contributed by atoms with van der Waals surface area (Å²) in [5.74, 6) is -0.638. The molecule has 0 spiro atoms. The predicted octanol–water partition coefficient (Wildman–Crippen LogP) is 1.86. The van der Waals surface area contributed by atoms with Crippen LogP contribution in [0, 0.1) is 0 Å². The van der Waals surface area contributed by atoms with E-state index in [1.165, 1.54) is 6.08 Å². The van der Waals surface area contributed by atoms with E-state index in [0.29, 0.717) is 6.61 Å². The first-order valence-electron chi connectivity index (χ1n) is 4.51. The molecule has 0 saturated carbocycles. The van der Waals surface area contributed by atoms with E-state index in [9.17, 15) is 9.59 Å². The number of carbonyl (C=O) groups is 2. The molecule has 0 saturated heterocycles. The van der Waals surface area contributed by atoms with Gasteiger partial charge in [0.2, 0.25) is 0 Å². The van der Waals surface area contributed by atoms with Gasteiger partial charge in [0.1, 0.15) is 6.42 Å². The second-order valence-corrected chi connectivity index (χ2v) is 2.72. The summed E-state index contributed by atoms with van der Waals surface area (Å²) in [5.41, 5.74) is 0. The molecule has 3 heteroatoms. The van der Waals surface area contributed by atoms with E-state index < -0.39 is 5.97 Å². The molecule has 0 aromatic carbocycles. The minimum Gasteiger partial charge on any atom is -0.465 e. The Bertz CT molecular complexity index is 194. The maximum absolute atomic E-state index is 10.9. The van der Waals surface area contributed by atoms with E-state index in [1.807, 2.05) is 6.92 Å². The van der Waals surface area contributed by atoms with Crippen molar-refractivity contribution in [2.75, 3.05) is 6.61 Å². The van der Waals surface area contributed by atoms with Gasteiger partial charge in [-0.05, 0) is 19.4 Å². The van der Waals surface area contributed by atoms with Gasteiger partial charge in [-0.3, -0.25) is 9.59 Å². The van der Waals surface area contributed by atoms with Gasteiger partial charge in [0, 0.05) is 0 Å². The molecule has 0 radical (unpaired) electrons. The first-order valence-corrected chi connectivity index (χ1v) is 4.51. The van der Waals surface area contributed by atoms with Gasteiger partial charge >= 0.3 is 5.97 Å². The molecule has 0 fully saturated rings. The Kier molecular flexibility index (Phi) is 6.88. The highest BCUT2D eigenvalue weighted by atomic mass is 16.5. The van der Waals surface area contributed by atoms with Crippen LogP contribution in [0.3, 0.4) is 0 Å². The van der Waals surface area contributed by atoms with E-state index in [0.717, 1.165) is 12.8 Å². The molecule has 0 amide bonds. The highest BCUT2D eigenvalue weighted by Crippen LogP contribution is 1.93. The fourth-order valence-corrected chi connectivity index (χ4v) is 0.768. The van der Waals surface area contributed by atoms with Gasteiger partial charge in [-0.1, -0.05) is 19.4 Å². The normalized spacial score (nSPS) is 10.3. The molecule has 0 rings (SSSR count). The topological polar surface area (TPSA) is 43.4 Å². The summed E-state index contributed by atoms with van der Waals surface area (Å²) in [5, 5.41) is 0. The maximum Gasteiger partial charge on any atom is 0.313 e. The summed E-state index contributed by atoms with van der Waals surface area (Å²) in [6.07, 6.45) is 4.68. The Morgan fingerprint density at radius 3 is 2.62 bits per heavy atom. The molecular weight excluding hydrogens is 168 g/mol. The van der Waals surface area contributed by atoms with Gasteiger partial charge in [0.15, 0.2) is 5.78 Å². The second-order valence-electron chi connectivity index (χ2n) is 2.72. The van der Waals surface area contributed by atoms with Gasteiger partial charge in [-0.2, -0.15) is 0 Å². The van der Waals surface area contributed by atoms with Crippen molar-refractivity contribution in [3.05, 3.63) is 12.2 Å². The van der Waals surface area contributed by atoms with E-state index in [2.05, 4.69) is 0 Å². The first-order chi connectivity index (χ1) is 6.20. The number of allylic oxidation sites excluding steroid dienone is 2. The van der Waals surface area contributed by atoms with Crippen molar-refractivity contribution in [2.45, 2.75) is 33.1 Å². The smallest absolute Gasteiger partial charge is 0.313 e. The highest BCUT2D eigenvalue weighted by molar-refractivity contribution is 6.01. The predicted molar refractivity (Wildman–Crippen MR) is 50.3 cm³/mol. The lowest BCUT2D eigenvalue weighted by Crippen LogP contribution is -2.10. The van der Waals surface area contributed by atoms with Crippen LogP contribution in [0.1, 0.15) is 33.1 Å². The molecule has 0 aromatic heterocycles. The lowest BCUT2D eigenvalue weighted by atomic mass is 10.2. The van der Waals surface area contributed by atoms with Gasteiger partial charge in [0.05, 0.1) is 6.61 Å². The third kappa shape index (κ3) is 7.25. The average Bonchev–Trinajstić information content (AvgIpc) is 2.05. The summed E-state index contributed by atoms with van der Waals surface area (Å²) in [6.45, 7) is 4.16. The summed E-state index contributed by atoms with van der Waals surface area (Å²) < 4.78 is 4.81. The van der Waals surface area contributed by atoms with Crippen molar-refractivity contribution in [2.24, 2.45) is 0 Å². The quantitative estimate of drug-likeness (QED) is 0.274. The SMILES string of the molecule is C/C=C/C(=O)CC(=O)OCCCC. The molecule has 0 atom stereocenters. The van der Waals surface area contributed by atoms with Crippen molar-refractivity contribution in [3.8, 4) is 0 Å². The third-order valence-corrected chi connectivity index (χ3v) is 1.43. The molecule has 0 aliphatic heterocycles. The maximum atomic E-state index is 10.9. The van der Waals surface area contributed by atoms with E-state index in [-0.39, 0.29) is 12.2 Å². The van der Waals surface area contributed by atoms with Gasteiger partial charge < -0.3 is 4.74 Å². The van der Waals surface area contributed by atoms with Crippen molar-refractivity contribution < 1.29 is 14.3 Å². The van der Waals surface area contributed by atoms with E-state index in [1.54, 1.807) is 13.0 Å². The largest absolute Gasteiger partial charge is 0.465 e. The van der Waals surface area contributed by atoms with Crippen LogP contribution in [0.5, 0.6) is 0 Å². The number of esters is 1. The van der Waals surface area contributed by atoms with Crippen LogP contribution in [0.15, 0.2) is 12.2 Å². The number of ether oxygens (including phenoxy) is 1. The van der Waals surface area contributed by atoms with E-state index >= 15 is 0 Å². The number of ketones is 1. The Morgan fingerprint density at radius 2 is 2.08 bits per heavy atom. The van der Waals surface area contributed by atoms with Gasteiger partial charge in [0.25, 0.3) is 0 Å². The fraction of sp³-hybridized carbons (Fsp3) is 0.600. The standard InChI is InChI=1S/C10H16O3/c1-3-5-7-13-10(12)8-9(11)6-4-2/h4,6H,3,5,7-8H2,1-2H3/b6-4+. The molecule has 74 valence electrons. The van der Waals surface area contributed by atoms with Crippen LogP contribution in [-0.2, 0) is 14.3 Å². The lowest BCUT2D eigenvalue weighted by Gasteiger charge is -2.00. The molecule has 0 N–H and O–H groups in total. The zero-order valence-corrected chi connectivity index (χ0v) is 8.21. The monoisotopic (exact) mass is 184 g/mol. The average molecular weight is 184 g/mol. The number of carbonyl (C=O) groups excluding carboxylic acids is 2. The molecule has 0 heterocycles. The Morgan fingerprint density at radius 1 is 1.38 bits per heavy atom. The van der Waals surface area contributed by atoms with Crippen LogP contribution in [0.4, 0.5) is 0 Å². The number of unbranched alkanes of at least 4 members (excludes halogenated alkanes) is 1. The van der Waals surface area contributed by atoms with Crippen LogP contribution in [0.2, 0.25) is 0 Å². The van der Waals surface area contributed by atoms with E-state index in [4.69, 9.17) is 4.74 Å². The molecule has 3 nitrogen and oxygen atoms in total. The molecular formula is C10H16O3. The van der Waals surface area contributed by atoms with Crippen LogP contribution < -0.4 is 0 Å². The Labute approximate surface area is 78.8 Å². The minimum atomic E-state index is -0.434. The van der Waals surface area contributed by atoms with Crippen LogP contribution >= 0.6 is 0 Å². The summed E-state index contributed by atoms with van der Waals surface area (Å²) in [6, 6.07) is 0. The summed E-state index contributed by atoms with van der Waals surface area (Å²) >= 11 is 0. The molecule has 13 heavy (non-hydrogen) atoms. The number of hydrogen-bond acceptors (Lipinski definition) is 3. The van der Waals surface area contributed by atoms with Crippen molar-refractivity contribution in [1.29, 1.82) is 0 Å². The third-order valence-electron chi connectivity index (χ3n) is 1.43. The Hall–Kier alpha value is -1.12. The van der Waals surface area contributed by atoms with Crippen LogP contribution in [-0.4, -0.2) is 18.4 Å².